The van der Waals surface area contributed by atoms with E-state index in [0.717, 1.165) is 0 Å². The Bertz CT molecular complexity index is 445. The van der Waals surface area contributed by atoms with E-state index in [1.54, 1.807) is 13.0 Å². The molecule has 18 heavy (non-hydrogen) atoms. The van der Waals surface area contributed by atoms with Gasteiger partial charge in [0.05, 0.1) is 15.6 Å². The Morgan fingerprint density at radius 3 is 2.39 bits per heavy atom. The van der Waals surface area contributed by atoms with Gasteiger partial charge in [0.15, 0.2) is 0 Å². The lowest BCUT2D eigenvalue weighted by atomic mass is 10.2. The highest BCUT2D eigenvalue weighted by Gasteiger charge is 2.21. The van der Waals surface area contributed by atoms with Gasteiger partial charge in [-0.3, -0.25) is 9.59 Å². The predicted molar refractivity (Wildman–Crippen MR) is 68.5 cm³/mol. The van der Waals surface area contributed by atoms with Crippen molar-refractivity contribution in [1.29, 1.82) is 0 Å². The van der Waals surface area contributed by atoms with Crippen molar-refractivity contribution in [3.63, 3.8) is 0 Å². The van der Waals surface area contributed by atoms with Crippen LogP contribution in [0, 0.1) is 0 Å². The Kier molecular flexibility index (Phi) is 5.40. The van der Waals surface area contributed by atoms with E-state index in [0.29, 0.717) is 0 Å². The second-order valence-electron chi connectivity index (χ2n) is 3.31. The highest BCUT2D eigenvalue weighted by Crippen LogP contribution is 2.24. The van der Waals surface area contributed by atoms with Crippen LogP contribution in [-0.2, 0) is 9.53 Å². The molecule has 0 heterocycles. The fourth-order valence-corrected chi connectivity index (χ4v) is 1.84. The van der Waals surface area contributed by atoms with Gasteiger partial charge in [-0.05, 0) is 19.1 Å². The van der Waals surface area contributed by atoms with E-state index in [9.17, 15) is 9.59 Å². The molecular weight excluding hydrogens is 279 g/mol. The zero-order valence-corrected chi connectivity index (χ0v) is 11.1. The van der Waals surface area contributed by atoms with Crippen molar-refractivity contribution in [2.75, 3.05) is 6.61 Å². The van der Waals surface area contributed by atoms with Crippen LogP contribution in [0.5, 0.6) is 0 Å². The number of amides is 2. The fraction of sp³-hybridized carbons (Fsp3) is 0.273. The normalized spacial score (nSPS) is 11.9. The maximum absolute atomic E-state index is 11.9. The minimum Gasteiger partial charge on any atom is -0.366 e. The molecule has 1 rings (SSSR count). The van der Waals surface area contributed by atoms with Gasteiger partial charge in [-0.15, -0.1) is 0 Å². The lowest BCUT2D eigenvalue weighted by molar-refractivity contribution is -0.130. The monoisotopic (exact) mass is 290 g/mol. The van der Waals surface area contributed by atoms with Gasteiger partial charge in [0.25, 0.3) is 11.8 Å². The molecule has 2 amide bonds. The number of carbonyl (C=O) groups is 2. The number of nitrogens with one attached hydrogen (secondary N) is 1. The molecule has 0 saturated carbocycles. The van der Waals surface area contributed by atoms with E-state index < -0.39 is 18.0 Å². The highest BCUT2D eigenvalue weighted by molar-refractivity contribution is 6.39. The van der Waals surface area contributed by atoms with Gasteiger partial charge in [-0.2, -0.15) is 0 Å². The van der Waals surface area contributed by atoms with Crippen LogP contribution in [0.1, 0.15) is 17.3 Å². The Hall–Kier alpha value is -1.30. The third-order valence-electron chi connectivity index (χ3n) is 2.04. The summed E-state index contributed by atoms with van der Waals surface area (Å²) in [4.78, 5) is 23.0. The van der Waals surface area contributed by atoms with Crippen molar-refractivity contribution in [2.24, 2.45) is 5.73 Å². The molecule has 1 aromatic rings. The second kappa shape index (κ2) is 6.58. The summed E-state index contributed by atoms with van der Waals surface area (Å²) in [7, 11) is 0. The molecule has 0 aliphatic carbocycles. The van der Waals surface area contributed by atoms with Gasteiger partial charge in [0, 0.05) is 6.61 Å². The lowest BCUT2D eigenvalue weighted by Crippen LogP contribution is -2.46. The minimum absolute atomic E-state index is 0.0757. The number of carbonyl (C=O) groups excluding carboxylic acids is 2. The number of halogens is 2. The van der Waals surface area contributed by atoms with Gasteiger partial charge in [-0.25, -0.2) is 0 Å². The Morgan fingerprint density at radius 2 is 1.94 bits per heavy atom. The van der Waals surface area contributed by atoms with E-state index in [1.165, 1.54) is 12.1 Å². The lowest BCUT2D eigenvalue weighted by Gasteiger charge is -2.16. The van der Waals surface area contributed by atoms with Gasteiger partial charge < -0.3 is 15.8 Å². The molecule has 1 unspecified atom stereocenters. The van der Waals surface area contributed by atoms with Gasteiger partial charge in [0.2, 0.25) is 6.23 Å². The van der Waals surface area contributed by atoms with Gasteiger partial charge >= 0.3 is 0 Å². The molecule has 1 aromatic carbocycles. The molecule has 0 aromatic heterocycles. The van der Waals surface area contributed by atoms with Crippen LogP contribution < -0.4 is 11.1 Å². The van der Waals surface area contributed by atoms with E-state index in [-0.39, 0.29) is 22.2 Å². The quantitative estimate of drug-likeness (QED) is 0.808. The zero-order chi connectivity index (χ0) is 13.7. The van der Waals surface area contributed by atoms with E-state index in [1.807, 2.05) is 0 Å². The smallest absolute Gasteiger partial charge is 0.267 e. The summed E-state index contributed by atoms with van der Waals surface area (Å²) < 4.78 is 4.98. The van der Waals surface area contributed by atoms with Crippen LogP contribution >= 0.6 is 23.2 Å². The zero-order valence-electron chi connectivity index (χ0n) is 9.57. The molecule has 5 nitrogen and oxygen atoms in total. The van der Waals surface area contributed by atoms with Crippen LogP contribution in [-0.4, -0.2) is 24.6 Å². The van der Waals surface area contributed by atoms with Crippen LogP contribution in [0.2, 0.25) is 10.0 Å². The first-order chi connectivity index (χ1) is 8.47. The average Bonchev–Trinajstić information content (AvgIpc) is 2.28. The number of benzene rings is 1. The largest absolute Gasteiger partial charge is 0.366 e. The van der Waals surface area contributed by atoms with Crippen molar-refractivity contribution in [3.05, 3.63) is 33.8 Å². The molecule has 3 N–H and O–H groups in total. The SMILES string of the molecule is CCOC(NC(=O)c1c(Cl)cccc1Cl)C(N)=O. The van der Waals surface area contributed by atoms with Crippen LogP contribution in [0.15, 0.2) is 18.2 Å². The van der Waals surface area contributed by atoms with Crippen molar-refractivity contribution in [1.82, 2.24) is 5.32 Å². The fourth-order valence-electron chi connectivity index (χ4n) is 1.27. The van der Waals surface area contributed by atoms with Crippen LogP contribution in [0.4, 0.5) is 0 Å². The molecule has 98 valence electrons. The van der Waals surface area contributed by atoms with Crippen molar-refractivity contribution in [3.8, 4) is 0 Å². The summed E-state index contributed by atoms with van der Waals surface area (Å²) in [6.45, 7) is 1.90. The molecule has 1 atom stereocenters. The molecule has 0 saturated heterocycles. The topological polar surface area (TPSA) is 81.4 Å². The molecule has 0 aliphatic heterocycles. The van der Waals surface area contributed by atoms with E-state index >= 15 is 0 Å². The highest BCUT2D eigenvalue weighted by atomic mass is 35.5. The molecule has 0 aliphatic rings. The summed E-state index contributed by atoms with van der Waals surface area (Å²) >= 11 is 11.7. The molecular formula is C11H12Cl2N2O3. The average molecular weight is 291 g/mol. The number of hydrogen-bond acceptors (Lipinski definition) is 3. The Morgan fingerprint density at radius 1 is 1.39 bits per heavy atom. The van der Waals surface area contributed by atoms with Crippen LogP contribution in [0.25, 0.3) is 0 Å². The molecule has 0 spiro atoms. The molecule has 7 heteroatoms. The number of rotatable bonds is 5. The van der Waals surface area contributed by atoms with Crippen molar-refractivity contribution >= 4 is 35.0 Å². The Balaban J connectivity index is 2.90. The van der Waals surface area contributed by atoms with Crippen molar-refractivity contribution in [2.45, 2.75) is 13.2 Å². The summed E-state index contributed by atoms with van der Waals surface area (Å²) in [5, 5.41) is 2.67. The number of nitrogens with two attached hydrogens (primary N) is 1. The summed E-state index contributed by atoms with van der Waals surface area (Å²) in [5.74, 6) is -1.42. The summed E-state index contributed by atoms with van der Waals surface area (Å²) in [6, 6.07) is 4.64. The van der Waals surface area contributed by atoms with E-state index in [4.69, 9.17) is 33.7 Å². The maximum Gasteiger partial charge on any atom is 0.267 e. The summed E-state index contributed by atoms with van der Waals surface area (Å²) in [5.41, 5.74) is 5.16. The second-order valence-corrected chi connectivity index (χ2v) is 4.12. The van der Waals surface area contributed by atoms with Gasteiger partial charge in [-0.1, -0.05) is 29.3 Å². The third-order valence-corrected chi connectivity index (χ3v) is 2.67. The first kappa shape index (κ1) is 14.8. The molecule has 0 radical (unpaired) electrons. The molecule has 0 fully saturated rings. The first-order valence-corrected chi connectivity index (χ1v) is 5.88. The number of ether oxygens (including phenoxy) is 1. The summed E-state index contributed by atoms with van der Waals surface area (Å²) in [6.07, 6.45) is -1.21. The third kappa shape index (κ3) is 3.60. The standard InChI is InChI=1S/C11H12Cl2N2O3/c1-2-18-11(9(14)16)15-10(17)8-6(12)4-3-5-7(8)13/h3-5,11H,2H2,1H3,(H2,14,16)(H,15,17). The van der Waals surface area contributed by atoms with Crippen molar-refractivity contribution < 1.29 is 14.3 Å². The minimum atomic E-state index is -1.21. The van der Waals surface area contributed by atoms with Crippen LogP contribution in [0.3, 0.4) is 0 Å². The number of hydrogen-bond donors (Lipinski definition) is 2. The van der Waals surface area contributed by atoms with E-state index in [2.05, 4.69) is 5.32 Å². The predicted octanol–water partition coefficient (Wildman–Crippen LogP) is 1.57. The maximum atomic E-state index is 11.9. The molecule has 0 bridgehead atoms. The number of primary amides is 1. The van der Waals surface area contributed by atoms with Gasteiger partial charge in [0.1, 0.15) is 0 Å². The first-order valence-electron chi connectivity index (χ1n) is 5.13. The Labute approximate surface area is 114 Å².